The van der Waals surface area contributed by atoms with E-state index in [1.165, 1.54) is 10.6 Å². The number of rotatable bonds is 7. The molecule has 2 aromatic heterocycles. The number of aromatic nitrogens is 1. The molecule has 0 aliphatic rings. The zero-order chi connectivity index (χ0) is 20.1. The lowest BCUT2D eigenvalue weighted by atomic mass is 10.1. The average Bonchev–Trinajstić information content (AvgIpc) is 3.12. The Morgan fingerprint density at radius 3 is 2.50 bits per heavy atom. The predicted octanol–water partition coefficient (Wildman–Crippen LogP) is 3.77. The van der Waals surface area contributed by atoms with Crippen LogP contribution in [0.4, 0.5) is 0 Å². The van der Waals surface area contributed by atoms with E-state index in [4.69, 9.17) is 9.15 Å². The van der Waals surface area contributed by atoms with E-state index in [0.29, 0.717) is 5.76 Å². The molecule has 1 atom stereocenters. The number of carbonyl (C=O) groups is 1. The predicted molar refractivity (Wildman–Crippen MR) is 107 cm³/mol. The molecular weight excluding hydrogens is 356 g/mol. The summed E-state index contributed by atoms with van der Waals surface area (Å²) in [5.74, 6) is 1.25. The Kier molecular flexibility index (Phi) is 5.99. The highest BCUT2D eigenvalue weighted by Crippen LogP contribution is 2.19. The van der Waals surface area contributed by atoms with Gasteiger partial charge < -0.3 is 19.0 Å². The van der Waals surface area contributed by atoms with Gasteiger partial charge in [0, 0.05) is 12.3 Å². The molecule has 0 aliphatic carbocycles. The van der Waals surface area contributed by atoms with Gasteiger partial charge in [-0.15, -0.1) is 0 Å². The summed E-state index contributed by atoms with van der Waals surface area (Å²) >= 11 is 0. The van der Waals surface area contributed by atoms with Crippen LogP contribution < -0.4 is 15.6 Å². The molecule has 146 valence electrons. The van der Waals surface area contributed by atoms with Gasteiger partial charge in [0.15, 0.2) is 5.76 Å². The molecule has 1 amide bonds. The van der Waals surface area contributed by atoms with Crippen molar-refractivity contribution in [2.75, 3.05) is 0 Å². The van der Waals surface area contributed by atoms with Crippen LogP contribution in [-0.4, -0.2) is 16.6 Å². The topological polar surface area (TPSA) is 73.5 Å². The van der Waals surface area contributed by atoms with Crippen LogP contribution in [-0.2, 0) is 6.54 Å². The fraction of sp³-hybridized carbons (Fsp3) is 0.273. The first kappa shape index (κ1) is 19.5. The highest BCUT2D eigenvalue weighted by atomic mass is 16.5. The van der Waals surface area contributed by atoms with Gasteiger partial charge in [-0.3, -0.25) is 9.59 Å². The number of carbonyl (C=O) groups excluding carboxylic acids is 1. The van der Waals surface area contributed by atoms with E-state index in [0.717, 1.165) is 11.3 Å². The van der Waals surface area contributed by atoms with Crippen LogP contribution in [0.1, 0.15) is 48.7 Å². The first-order chi connectivity index (χ1) is 13.4. The van der Waals surface area contributed by atoms with E-state index < -0.39 is 0 Å². The summed E-state index contributed by atoms with van der Waals surface area (Å²) in [4.78, 5) is 24.3. The molecule has 0 radical (unpaired) electrons. The summed E-state index contributed by atoms with van der Waals surface area (Å²) < 4.78 is 12.8. The van der Waals surface area contributed by atoms with Gasteiger partial charge in [0.25, 0.3) is 11.5 Å². The van der Waals surface area contributed by atoms with Gasteiger partial charge in [0.05, 0.1) is 18.7 Å². The van der Waals surface area contributed by atoms with Crippen molar-refractivity contribution in [1.82, 2.24) is 9.88 Å². The Bertz CT molecular complexity index is 986. The van der Waals surface area contributed by atoms with Crippen LogP contribution in [0.2, 0.25) is 0 Å². The normalized spacial score (nSPS) is 12.0. The van der Waals surface area contributed by atoms with Crippen LogP contribution in [0, 0.1) is 0 Å². The number of hydrogen-bond acceptors (Lipinski definition) is 4. The number of hydrogen-bond donors (Lipinski definition) is 1. The first-order valence-corrected chi connectivity index (χ1v) is 9.24. The molecule has 28 heavy (non-hydrogen) atoms. The third kappa shape index (κ3) is 4.91. The molecule has 6 heteroatoms. The molecular formula is C22H24N2O4. The fourth-order valence-corrected chi connectivity index (χ4v) is 2.80. The Labute approximate surface area is 163 Å². The van der Waals surface area contributed by atoms with Gasteiger partial charge in [-0.05, 0) is 56.7 Å². The van der Waals surface area contributed by atoms with Crippen molar-refractivity contribution in [2.24, 2.45) is 0 Å². The third-order valence-electron chi connectivity index (χ3n) is 4.21. The lowest BCUT2D eigenvalue weighted by Gasteiger charge is -2.15. The second-order valence-corrected chi connectivity index (χ2v) is 6.86. The summed E-state index contributed by atoms with van der Waals surface area (Å²) in [5.41, 5.74) is 0.843. The quantitative estimate of drug-likeness (QED) is 0.677. The molecule has 0 spiro atoms. The Balaban J connectivity index is 1.62. The van der Waals surface area contributed by atoms with Crippen molar-refractivity contribution in [3.63, 3.8) is 0 Å². The standard InChI is InChI=1S/C22H24N2O4/c1-15(2)27-18-9-7-17(8-10-18)16(3)23-22(26)20-12-11-19(28-20)14-24-13-5-4-6-21(24)25/h4-13,15-16H,14H2,1-3H3,(H,23,26). The number of amides is 1. The molecule has 1 unspecified atom stereocenters. The van der Waals surface area contributed by atoms with Crippen molar-refractivity contribution >= 4 is 5.91 Å². The minimum Gasteiger partial charge on any atom is -0.491 e. The van der Waals surface area contributed by atoms with Crippen LogP contribution in [0.5, 0.6) is 5.75 Å². The molecule has 0 aliphatic heterocycles. The van der Waals surface area contributed by atoms with Gasteiger partial charge in [-0.25, -0.2) is 0 Å². The number of ether oxygens (including phenoxy) is 1. The lowest BCUT2D eigenvalue weighted by Crippen LogP contribution is -2.26. The number of benzene rings is 1. The molecule has 6 nitrogen and oxygen atoms in total. The molecule has 3 aromatic rings. The van der Waals surface area contributed by atoms with Crippen LogP contribution >= 0.6 is 0 Å². The SMILES string of the molecule is CC(C)Oc1ccc(C(C)NC(=O)c2ccc(Cn3ccccc3=O)o2)cc1. The summed E-state index contributed by atoms with van der Waals surface area (Å²) in [7, 11) is 0. The van der Waals surface area contributed by atoms with Crippen molar-refractivity contribution in [2.45, 2.75) is 39.5 Å². The number of nitrogens with zero attached hydrogens (tertiary/aromatic N) is 1. The van der Waals surface area contributed by atoms with E-state index in [9.17, 15) is 9.59 Å². The largest absolute Gasteiger partial charge is 0.491 e. The molecule has 1 aromatic carbocycles. The molecule has 0 saturated carbocycles. The van der Waals surface area contributed by atoms with E-state index in [1.54, 1.807) is 30.5 Å². The zero-order valence-corrected chi connectivity index (χ0v) is 16.2. The first-order valence-electron chi connectivity index (χ1n) is 9.24. The summed E-state index contributed by atoms with van der Waals surface area (Å²) in [6.07, 6.45) is 1.79. The molecule has 0 saturated heterocycles. The summed E-state index contributed by atoms with van der Waals surface area (Å²) in [6, 6.07) is 15.7. The third-order valence-corrected chi connectivity index (χ3v) is 4.21. The highest BCUT2D eigenvalue weighted by Gasteiger charge is 2.15. The second kappa shape index (κ2) is 8.61. The van der Waals surface area contributed by atoms with Crippen LogP contribution in [0.3, 0.4) is 0 Å². The fourth-order valence-electron chi connectivity index (χ4n) is 2.80. The molecule has 0 bridgehead atoms. The van der Waals surface area contributed by atoms with Gasteiger partial charge in [-0.2, -0.15) is 0 Å². The van der Waals surface area contributed by atoms with Crippen molar-refractivity contribution in [1.29, 1.82) is 0 Å². The Morgan fingerprint density at radius 2 is 1.82 bits per heavy atom. The highest BCUT2D eigenvalue weighted by molar-refractivity contribution is 5.91. The number of nitrogens with one attached hydrogen (secondary N) is 1. The van der Waals surface area contributed by atoms with Gasteiger partial charge >= 0.3 is 0 Å². The van der Waals surface area contributed by atoms with E-state index >= 15 is 0 Å². The van der Waals surface area contributed by atoms with E-state index in [-0.39, 0.29) is 35.9 Å². The Hall–Kier alpha value is -3.28. The monoisotopic (exact) mass is 380 g/mol. The number of furan rings is 1. The average molecular weight is 380 g/mol. The minimum atomic E-state index is -0.304. The van der Waals surface area contributed by atoms with E-state index in [2.05, 4.69) is 5.32 Å². The second-order valence-electron chi connectivity index (χ2n) is 6.86. The maximum atomic E-state index is 12.5. The smallest absolute Gasteiger partial charge is 0.287 e. The van der Waals surface area contributed by atoms with Gasteiger partial charge in [0.2, 0.25) is 0 Å². The molecule has 3 rings (SSSR count). The zero-order valence-electron chi connectivity index (χ0n) is 16.2. The van der Waals surface area contributed by atoms with Crippen molar-refractivity contribution in [3.8, 4) is 5.75 Å². The lowest BCUT2D eigenvalue weighted by molar-refractivity contribution is 0.0910. The Morgan fingerprint density at radius 1 is 1.07 bits per heavy atom. The molecule has 1 N–H and O–H groups in total. The number of pyridine rings is 1. The summed E-state index contributed by atoms with van der Waals surface area (Å²) in [6.45, 7) is 6.13. The van der Waals surface area contributed by atoms with Crippen molar-refractivity contribution in [3.05, 3.63) is 88.2 Å². The van der Waals surface area contributed by atoms with Crippen molar-refractivity contribution < 1.29 is 13.9 Å². The molecule has 2 heterocycles. The van der Waals surface area contributed by atoms with Gasteiger partial charge in [0.1, 0.15) is 11.5 Å². The van der Waals surface area contributed by atoms with E-state index in [1.807, 2.05) is 45.0 Å². The van der Waals surface area contributed by atoms with Crippen LogP contribution in [0.15, 0.2) is 70.0 Å². The van der Waals surface area contributed by atoms with Crippen LogP contribution in [0.25, 0.3) is 0 Å². The maximum absolute atomic E-state index is 12.5. The molecule has 0 fully saturated rings. The summed E-state index contributed by atoms with van der Waals surface area (Å²) in [5, 5.41) is 2.92. The maximum Gasteiger partial charge on any atom is 0.287 e. The minimum absolute atomic E-state index is 0.114. The van der Waals surface area contributed by atoms with Gasteiger partial charge in [-0.1, -0.05) is 18.2 Å².